The average molecular weight is 431 g/mol. The van der Waals surface area contributed by atoms with E-state index in [4.69, 9.17) is 14.0 Å². The number of ether oxygens (including phenoxy) is 1. The van der Waals surface area contributed by atoms with Crippen LogP contribution in [0.15, 0.2) is 28.4 Å². The molecular formula is C19H26BBrF2O3. The lowest BCUT2D eigenvalue weighted by molar-refractivity contribution is 0.00578. The van der Waals surface area contributed by atoms with E-state index in [0.29, 0.717) is 22.2 Å². The lowest BCUT2D eigenvalue weighted by atomic mass is 9.82. The summed E-state index contributed by atoms with van der Waals surface area (Å²) in [6.07, 6.45) is 0.294. The normalized spacial score (nSPS) is 19.8. The summed E-state index contributed by atoms with van der Waals surface area (Å²) in [5.74, 6) is -0.438. The van der Waals surface area contributed by atoms with Crippen LogP contribution in [0, 0.1) is 5.82 Å². The molecule has 1 saturated heterocycles. The third-order valence-corrected chi connectivity index (χ3v) is 5.50. The molecule has 1 aliphatic rings. The molecule has 0 aromatic heterocycles. The first-order valence-corrected chi connectivity index (χ1v) is 9.55. The molecule has 144 valence electrons. The minimum absolute atomic E-state index is 0.0205. The molecule has 1 aromatic rings. The predicted octanol–water partition coefficient (Wildman–Crippen LogP) is 5.72. The van der Waals surface area contributed by atoms with Gasteiger partial charge in [-0.25, -0.2) is 8.78 Å². The zero-order chi connectivity index (χ0) is 19.7. The van der Waals surface area contributed by atoms with Crippen LogP contribution in [0.2, 0.25) is 0 Å². The first-order valence-electron chi connectivity index (χ1n) is 8.76. The Labute approximate surface area is 163 Å². The Morgan fingerprint density at radius 1 is 1.19 bits per heavy atom. The first kappa shape index (κ1) is 21.5. The van der Waals surface area contributed by atoms with Crippen molar-refractivity contribution in [3.63, 3.8) is 0 Å². The zero-order valence-electron chi connectivity index (χ0n) is 16.2. The molecular weight excluding hydrogens is 405 g/mol. The van der Waals surface area contributed by atoms with E-state index in [0.717, 1.165) is 0 Å². The molecule has 2 rings (SSSR count). The Kier molecular flexibility index (Phi) is 6.70. The van der Waals surface area contributed by atoms with Gasteiger partial charge in [0.2, 0.25) is 0 Å². The van der Waals surface area contributed by atoms with E-state index in [9.17, 15) is 4.39 Å². The second-order valence-corrected chi connectivity index (χ2v) is 8.56. The van der Waals surface area contributed by atoms with Gasteiger partial charge in [0.1, 0.15) is 11.5 Å². The van der Waals surface area contributed by atoms with Crippen LogP contribution in [0.25, 0.3) is 5.57 Å². The van der Waals surface area contributed by atoms with Crippen molar-refractivity contribution in [2.24, 2.45) is 0 Å². The number of hydrogen-bond donors (Lipinski definition) is 0. The topological polar surface area (TPSA) is 27.7 Å². The highest BCUT2D eigenvalue weighted by Crippen LogP contribution is 2.41. The summed E-state index contributed by atoms with van der Waals surface area (Å²) in [5, 5.41) is 0. The van der Waals surface area contributed by atoms with Crippen molar-refractivity contribution in [2.45, 2.75) is 65.3 Å². The van der Waals surface area contributed by atoms with E-state index in [-0.39, 0.29) is 12.5 Å². The van der Waals surface area contributed by atoms with Gasteiger partial charge in [-0.15, -0.1) is 0 Å². The Hall–Kier alpha value is -0.755. The van der Waals surface area contributed by atoms with Crippen molar-refractivity contribution in [1.29, 1.82) is 0 Å². The molecule has 0 unspecified atom stereocenters. The molecule has 0 bridgehead atoms. The van der Waals surface area contributed by atoms with Crippen molar-refractivity contribution < 1.29 is 22.8 Å². The van der Waals surface area contributed by atoms with Crippen LogP contribution >= 0.6 is 15.9 Å². The molecule has 0 amide bonds. The molecule has 0 aliphatic carbocycles. The van der Waals surface area contributed by atoms with E-state index in [2.05, 4.69) is 15.9 Å². The quantitative estimate of drug-likeness (QED) is 0.540. The highest BCUT2D eigenvalue weighted by atomic mass is 79.9. The second kappa shape index (κ2) is 8.09. The van der Waals surface area contributed by atoms with Crippen LogP contribution in [0.1, 0.15) is 53.5 Å². The van der Waals surface area contributed by atoms with Gasteiger partial charge in [-0.1, -0.05) is 15.9 Å². The third kappa shape index (κ3) is 4.74. The van der Waals surface area contributed by atoms with Crippen LogP contribution in [0.3, 0.4) is 0 Å². The van der Waals surface area contributed by atoms with Gasteiger partial charge >= 0.3 is 7.12 Å². The molecule has 0 N–H and O–H groups in total. The van der Waals surface area contributed by atoms with E-state index in [1.807, 2.05) is 41.5 Å². The van der Waals surface area contributed by atoms with Gasteiger partial charge < -0.3 is 14.0 Å². The van der Waals surface area contributed by atoms with E-state index in [1.54, 1.807) is 6.07 Å². The van der Waals surface area contributed by atoms with Gasteiger partial charge in [0.05, 0.1) is 23.9 Å². The van der Waals surface area contributed by atoms with Gasteiger partial charge in [-0.2, -0.15) is 0 Å². The molecule has 26 heavy (non-hydrogen) atoms. The van der Waals surface area contributed by atoms with Gasteiger partial charge in [-0.05, 0) is 77.3 Å². The van der Waals surface area contributed by atoms with Crippen molar-refractivity contribution >= 4 is 28.6 Å². The molecule has 1 aliphatic heterocycles. The molecule has 1 heterocycles. The molecule has 0 atom stereocenters. The molecule has 1 fully saturated rings. The SMILES string of the molecule is CC(C)OCCC(=C(F)B1OC(C)(C)C(C)(C)O1)c1cc(F)ccc1Br. The third-order valence-electron chi connectivity index (χ3n) is 4.81. The van der Waals surface area contributed by atoms with Crippen LogP contribution in [-0.2, 0) is 14.0 Å². The lowest BCUT2D eigenvalue weighted by Crippen LogP contribution is -2.41. The van der Waals surface area contributed by atoms with Gasteiger partial charge in [0.15, 0.2) is 0 Å². The summed E-state index contributed by atoms with van der Waals surface area (Å²) < 4.78 is 47.0. The summed E-state index contributed by atoms with van der Waals surface area (Å²) >= 11 is 3.38. The van der Waals surface area contributed by atoms with Crippen LogP contribution in [0.5, 0.6) is 0 Å². The standard InChI is InChI=1S/C19H26BBrF2O3/c1-12(2)24-10-9-14(15-11-13(22)7-8-16(15)21)17(23)20-25-18(3,4)19(5,6)26-20/h7-8,11-12H,9-10H2,1-6H3. The maximum atomic E-state index is 15.4. The molecule has 1 aromatic carbocycles. The van der Waals surface area contributed by atoms with Crippen LogP contribution in [-0.4, -0.2) is 31.0 Å². The average Bonchev–Trinajstić information content (AvgIpc) is 2.74. The van der Waals surface area contributed by atoms with Gasteiger partial charge in [-0.3, -0.25) is 0 Å². The summed E-state index contributed by atoms with van der Waals surface area (Å²) in [6.45, 7) is 11.6. The summed E-state index contributed by atoms with van der Waals surface area (Å²) in [7, 11) is -1.13. The highest BCUT2D eigenvalue weighted by Gasteiger charge is 2.53. The van der Waals surface area contributed by atoms with Gasteiger partial charge in [0, 0.05) is 4.47 Å². The molecule has 7 heteroatoms. The Morgan fingerprint density at radius 2 is 1.77 bits per heavy atom. The number of halogens is 3. The lowest BCUT2D eigenvalue weighted by Gasteiger charge is -2.32. The van der Waals surface area contributed by atoms with Crippen LogP contribution in [0.4, 0.5) is 8.78 Å². The smallest absolute Gasteiger partial charge is 0.398 e. The van der Waals surface area contributed by atoms with Gasteiger partial charge in [0.25, 0.3) is 0 Å². The Bertz CT molecular complexity index is 673. The maximum absolute atomic E-state index is 15.4. The Balaban J connectivity index is 2.42. The molecule has 0 radical (unpaired) electrons. The number of benzene rings is 1. The fourth-order valence-corrected chi connectivity index (χ4v) is 3.08. The molecule has 0 spiro atoms. The predicted molar refractivity (Wildman–Crippen MR) is 104 cm³/mol. The minimum atomic E-state index is -1.13. The maximum Gasteiger partial charge on any atom is 0.525 e. The summed E-state index contributed by atoms with van der Waals surface area (Å²) in [6, 6.07) is 4.19. The largest absolute Gasteiger partial charge is 0.525 e. The van der Waals surface area contributed by atoms with E-state index in [1.165, 1.54) is 12.1 Å². The Morgan fingerprint density at radius 3 is 2.31 bits per heavy atom. The number of hydrogen-bond acceptors (Lipinski definition) is 3. The highest BCUT2D eigenvalue weighted by molar-refractivity contribution is 9.10. The minimum Gasteiger partial charge on any atom is -0.398 e. The number of rotatable bonds is 6. The fraction of sp³-hybridized carbons (Fsp3) is 0.579. The molecule has 0 saturated carbocycles. The fourth-order valence-electron chi connectivity index (χ4n) is 2.60. The first-order chi connectivity index (χ1) is 11.9. The van der Waals surface area contributed by atoms with Crippen molar-refractivity contribution in [3.8, 4) is 0 Å². The summed E-state index contributed by atoms with van der Waals surface area (Å²) in [5.41, 5.74) is -1.12. The second-order valence-electron chi connectivity index (χ2n) is 7.71. The summed E-state index contributed by atoms with van der Waals surface area (Å²) in [4.78, 5) is 0. The van der Waals surface area contributed by atoms with E-state index >= 15 is 4.39 Å². The molecule has 3 nitrogen and oxygen atoms in total. The van der Waals surface area contributed by atoms with Crippen molar-refractivity contribution in [1.82, 2.24) is 0 Å². The monoisotopic (exact) mass is 430 g/mol. The van der Waals surface area contributed by atoms with Crippen LogP contribution < -0.4 is 0 Å². The van der Waals surface area contributed by atoms with Crippen molar-refractivity contribution in [2.75, 3.05) is 6.61 Å². The van der Waals surface area contributed by atoms with E-state index < -0.39 is 29.9 Å². The zero-order valence-corrected chi connectivity index (χ0v) is 17.7. The van der Waals surface area contributed by atoms with Crippen molar-refractivity contribution in [3.05, 3.63) is 39.8 Å².